The van der Waals surface area contributed by atoms with E-state index in [2.05, 4.69) is 29.6 Å². The third-order valence-corrected chi connectivity index (χ3v) is 4.52. The van der Waals surface area contributed by atoms with Crippen molar-refractivity contribution in [1.29, 1.82) is 0 Å². The first-order valence-corrected chi connectivity index (χ1v) is 10.1. The summed E-state index contributed by atoms with van der Waals surface area (Å²) < 4.78 is 11.5. The van der Waals surface area contributed by atoms with Crippen LogP contribution in [-0.2, 0) is 6.42 Å². The average Bonchev–Trinajstić information content (AvgIpc) is 2.80. The van der Waals surface area contributed by atoms with Crippen molar-refractivity contribution in [2.45, 2.75) is 19.8 Å². The number of hydrazone groups is 1. The van der Waals surface area contributed by atoms with E-state index in [-0.39, 0.29) is 5.69 Å². The summed E-state index contributed by atoms with van der Waals surface area (Å²) in [6.07, 6.45) is 3.48. The highest BCUT2D eigenvalue weighted by atomic mass is 16.6. The summed E-state index contributed by atoms with van der Waals surface area (Å²) in [5, 5.41) is 14.8. The minimum absolute atomic E-state index is 0.0438. The molecular formula is C24H25N3O4. The smallest absolute Gasteiger partial charge is 0.269 e. The van der Waals surface area contributed by atoms with Crippen LogP contribution >= 0.6 is 0 Å². The standard InChI is InChI=1S/C24H25N3O4/c1-2-19-4-12-23(13-5-19)30-16-3-17-31-24-14-6-20(7-15-24)18-25-26-21-8-10-22(11-9-21)27(28)29/h4-15,18,26H,2-3,16-17H2,1H3. The molecule has 0 aromatic heterocycles. The number of nitro benzene ring substituents is 1. The Labute approximate surface area is 181 Å². The van der Waals surface area contributed by atoms with Gasteiger partial charge in [-0.2, -0.15) is 5.10 Å². The van der Waals surface area contributed by atoms with Crippen molar-refractivity contribution in [3.05, 3.63) is 94.0 Å². The zero-order valence-corrected chi connectivity index (χ0v) is 17.4. The lowest BCUT2D eigenvalue weighted by Gasteiger charge is -2.08. The Bertz CT molecular complexity index is 985. The molecule has 0 aliphatic heterocycles. The van der Waals surface area contributed by atoms with Gasteiger partial charge < -0.3 is 9.47 Å². The molecule has 3 aromatic carbocycles. The van der Waals surface area contributed by atoms with E-state index in [4.69, 9.17) is 9.47 Å². The van der Waals surface area contributed by atoms with Crippen LogP contribution < -0.4 is 14.9 Å². The van der Waals surface area contributed by atoms with Crippen LogP contribution in [0.3, 0.4) is 0 Å². The number of non-ortho nitro benzene ring substituents is 1. The molecule has 0 saturated carbocycles. The van der Waals surface area contributed by atoms with Crippen molar-refractivity contribution in [2.75, 3.05) is 18.6 Å². The molecule has 0 aliphatic carbocycles. The molecule has 0 heterocycles. The van der Waals surface area contributed by atoms with Gasteiger partial charge in [0.05, 0.1) is 30.0 Å². The van der Waals surface area contributed by atoms with Crippen molar-refractivity contribution in [2.24, 2.45) is 5.10 Å². The van der Waals surface area contributed by atoms with E-state index in [0.29, 0.717) is 18.9 Å². The van der Waals surface area contributed by atoms with Crippen LogP contribution in [0, 0.1) is 10.1 Å². The van der Waals surface area contributed by atoms with E-state index in [1.54, 1.807) is 18.3 Å². The molecule has 3 rings (SSSR count). The zero-order valence-electron chi connectivity index (χ0n) is 17.4. The van der Waals surface area contributed by atoms with Gasteiger partial charge in [0.15, 0.2) is 0 Å². The number of rotatable bonds is 11. The number of nitrogens with one attached hydrogen (secondary N) is 1. The lowest BCUT2D eigenvalue weighted by atomic mass is 10.2. The molecule has 7 nitrogen and oxygen atoms in total. The maximum Gasteiger partial charge on any atom is 0.269 e. The molecule has 31 heavy (non-hydrogen) atoms. The van der Waals surface area contributed by atoms with E-state index in [1.165, 1.54) is 17.7 Å². The second kappa shape index (κ2) is 11.3. The van der Waals surface area contributed by atoms with Crippen molar-refractivity contribution >= 4 is 17.6 Å². The van der Waals surface area contributed by atoms with Crippen molar-refractivity contribution < 1.29 is 14.4 Å². The van der Waals surface area contributed by atoms with E-state index in [1.807, 2.05) is 36.4 Å². The predicted octanol–water partition coefficient (Wildman–Crippen LogP) is 5.45. The monoisotopic (exact) mass is 419 g/mol. The molecule has 1 N–H and O–H groups in total. The summed E-state index contributed by atoms with van der Waals surface area (Å²) in [5.74, 6) is 1.66. The molecule has 0 atom stereocenters. The molecular weight excluding hydrogens is 394 g/mol. The van der Waals surface area contributed by atoms with Gasteiger partial charge in [-0.15, -0.1) is 0 Å². The Morgan fingerprint density at radius 2 is 1.48 bits per heavy atom. The summed E-state index contributed by atoms with van der Waals surface area (Å²) in [6.45, 7) is 3.30. The van der Waals surface area contributed by atoms with Gasteiger partial charge in [0, 0.05) is 18.6 Å². The minimum atomic E-state index is -0.436. The van der Waals surface area contributed by atoms with Crippen molar-refractivity contribution in [3.63, 3.8) is 0 Å². The first-order valence-electron chi connectivity index (χ1n) is 10.1. The van der Waals surface area contributed by atoms with Gasteiger partial charge in [0.1, 0.15) is 11.5 Å². The van der Waals surface area contributed by atoms with Gasteiger partial charge in [0.25, 0.3) is 5.69 Å². The number of anilines is 1. The molecule has 0 radical (unpaired) electrons. The first-order chi connectivity index (χ1) is 15.1. The normalized spacial score (nSPS) is 10.7. The summed E-state index contributed by atoms with van der Waals surface area (Å²) in [4.78, 5) is 10.2. The molecule has 0 saturated heterocycles. The number of benzene rings is 3. The number of aryl methyl sites for hydroxylation is 1. The Hall–Kier alpha value is -3.87. The quantitative estimate of drug-likeness (QED) is 0.193. The summed E-state index contributed by atoms with van der Waals surface area (Å²) in [7, 11) is 0. The van der Waals surface area contributed by atoms with E-state index >= 15 is 0 Å². The predicted molar refractivity (Wildman–Crippen MR) is 122 cm³/mol. The molecule has 0 aliphatic rings. The van der Waals surface area contributed by atoms with E-state index in [0.717, 1.165) is 29.9 Å². The molecule has 0 unspecified atom stereocenters. The van der Waals surface area contributed by atoms with Crippen LogP contribution in [0.5, 0.6) is 11.5 Å². The third-order valence-electron chi connectivity index (χ3n) is 4.52. The van der Waals surface area contributed by atoms with Crippen LogP contribution in [0.4, 0.5) is 11.4 Å². The fraction of sp³-hybridized carbons (Fsp3) is 0.208. The first kappa shape index (κ1) is 21.8. The minimum Gasteiger partial charge on any atom is -0.493 e. The number of nitrogens with zero attached hydrogens (tertiary/aromatic N) is 2. The van der Waals surface area contributed by atoms with Gasteiger partial charge in [-0.3, -0.25) is 15.5 Å². The summed E-state index contributed by atoms with van der Waals surface area (Å²) >= 11 is 0. The van der Waals surface area contributed by atoms with Crippen LogP contribution in [0.2, 0.25) is 0 Å². The van der Waals surface area contributed by atoms with Crippen molar-refractivity contribution in [1.82, 2.24) is 0 Å². The zero-order chi connectivity index (χ0) is 21.9. The molecule has 3 aromatic rings. The van der Waals surface area contributed by atoms with Crippen LogP contribution in [0.1, 0.15) is 24.5 Å². The maximum absolute atomic E-state index is 10.7. The Kier molecular flexibility index (Phi) is 7.99. The molecule has 7 heteroatoms. The van der Waals surface area contributed by atoms with E-state index in [9.17, 15) is 10.1 Å². The fourth-order valence-corrected chi connectivity index (χ4v) is 2.75. The number of hydrogen-bond acceptors (Lipinski definition) is 6. The average molecular weight is 419 g/mol. The number of nitro groups is 1. The number of ether oxygens (including phenoxy) is 2. The lowest BCUT2D eigenvalue weighted by Crippen LogP contribution is -2.05. The maximum atomic E-state index is 10.7. The number of hydrogen-bond donors (Lipinski definition) is 1. The van der Waals surface area contributed by atoms with Gasteiger partial charge in [-0.05, 0) is 66.1 Å². The molecule has 0 fully saturated rings. The van der Waals surface area contributed by atoms with Crippen LogP contribution in [0.25, 0.3) is 0 Å². The second-order valence-electron chi connectivity index (χ2n) is 6.79. The molecule has 0 spiro atoms. The Balaban J connectivity index is 1.36. The van der Waals surface area contributed by atoms with Crippen LogP contribution in [0.15, 0.2) is 77.9 Å². The van der Waals surface area contributed by atoms with Gasteiger partial charge in [0.2, 0.25) is 0 Å². The van der Waals surface area contributed by atoms with Gasteiger partial charge >= 0.3 is 0 Å². The largest absolute Gasteiger partial charge is 0.493 e. The van der Waals surface area contributed by atoms with Gasteiger partial charge in [-0.25, -0.2) is 0 Å². The molecule has 160 valence electrons. The fourth-order valence-electron chi connectivity index (χ4n) is 2.75. The molecule has 0 bridgehead atoms. The highest BCUT2D eigenvalue weighted by Crippen LogP contribution is 2.16. The summed E-state index contributed by atoms with van der Waals surface area (Å²) in [5.41, 5.74) is 5.76. The van der Waals surface area contributed by atoms with E-state index < -0.39 is 4.92 Å². The summed E-state index contributed by atoms with van der Waals surface area (Å²) in [6, 6.07) is 21.8. The highest BCUT2D eigenvalue weighted by Gasteiger charge is 2.03. The highest BCUT2D eigenvalue weighted by molar-refractivity contribution is 5.80. The SMILES string of the molecule is CCc1ccc(OCCCOc2ccc(C=NNc3ccc([N+](=O)[O-])cc3)cc2)cc1. The molecule has 0 amide bonds. The third kappa shape index (κ3) is 7.15. The lowest BCUT2D eigenvalue weighted by molar-refractivity contribution is -0.384. The topological polar surface area (TPSA) is 86.0 Å². The van der Waals surface area contributed by atoms with Crippen LogP contribution in [-0.4, -0.2) is 24.4 Å². The second-order valence-corrected chi connectivity index (χ2v) is 6.79. The van der Waals surface area contributed by atoms with Gasteiger partial charge in [-0.1, -0.05) is 19.1 Å². The van der Waals surface area contributed by atoms with Crippen molar-refractivity contribution in [3.8, 4) is 11.5 Å². The Morgan fingerprint density at radius 1 is 0.903 bits per heavy atom. The Morgan fingerprint density at radius 3 is 2.03 bits per heavy atom.